The van der Waals surface area contributed by atoms with E-state index in [1.54, 1.807) is 0 Å². The molecule has 1 N–H and O–H groups in total. The van der Waals surface area contributed by atoms with E-state index in [-0.39, 0.29) is 5.91 Å². The number of nitrogens with one attached hydrogen (secondary N) is 1. The van der Waals surface area contributed by atoms with Gasteiger partial charge in [0.25, 0.3) is 5.91 Å². The molecule has 0 spiro atoms. The van der Waals surface area contributed by atoms with Gasteiger partial charge in [0.1, 0.15) is 0 Å². The zero-order valence-corrected chi connectivity index (χ0v) is 15.2. The van der Waals surface area contributed by atoms with Crippen molar-refractivity contribution < 1.29 is 4.79 Å². The van der Waals surface area contributed by atoms with Gasteiger partial charge in [0.05, 0.1) is 5.52 Å². The van der Waals surface area contributed by atoms with Gasteiger partial charge in [-0.3, -0.25) is 9.89 Å². The van der Waals surface area contributed by atoms with Crippen LogP contribution in [-0.4, -0.2) is 34.1 Å². The number of likely N-dealkylation sites (tertiary alicyclic amines) is 1. The first-order valence-electron chi connectivity index (χ1n) is 9.48. The molecule has 3 aromatic rings. The van der Waals surface area contributed by atoms with E-state index in [1.165, 1.54) is 17.5 Å². The lowest BCUT2D eigenvalue weighted by Crippen LogP contribution is -2.38. The second-order valence-electron chi connectivity index (χ2n) is 7.38. The predicted molar refractivity (Wildman–Crippen MR) is 104 cm³/mol. The Morgan fingerprint density at radius 1 is 1.12 bits per heavy atom. The van der Waals surface area contributed by atoms with Crippen LogP contribution >= 0.6 is 0 Å². The maximum absolute atomic E-state index is 12.8. The molecule has 0 aliphatic carbocycles. The number of para-hydroxylation sites is 1. The largest absolute Gasteiger partial charge is 0.337 e. The Balaban J connectivity index is 1.33. The topological polar surface area (TPSA) is 49.0 Å². The summed E-state index contributed by atoms with van der Waals surface area (Å²) in [6.07, 6.45) is 4.50. The van der Waals surface area contributed by atoms with Gasteiger partial charge in [0.2, 0.25) is 0 Å². The minimum absolute atomic E-state index is 0.0550. The molecule has 4 rings (SSSR count). The standard InChI is InChI=1S/C22H25N3O/c1-16-6-8-17(9-7-16)10-11-18-12-14-25(15-13-18)22(26)21-19-4-2-3-5-20(19)23-24-21/h2-9,18H,10-15H2,1H3,(H,23,24). The third-order valence-corrected chi connectivity index (χ3v) is 5.54. The highest BCUT2D eigenvalue weighted by molar-refractivity contribution is 6.04. The van der Waals surface area contributed by atoms with Crippen molar-refractivity contribution in [1.29, 1.82) is 0 Å². The Hall–Kier alpha value is -2.62. The van der Waals surface area contributed by atoms with E-state index in [4.69, 9.17) is 0 Å². The highest BCUT2D eigenvalue weighted by Crippen LogP contribution is 2.25. The SMILES string of the molecule is Cc1ccc(CCC2CCN(C(=O)c3n[nH]c4ccccc34)CC2)cc1. The number of aromatic nitrogens is 2. The van der Waals surface area contributed by atoms with E-state index in [0.717, 1.165) is 43.3 Å². The molecule has 1 aliphatic rings. The monoisotopic (exact) mass is 347 g/mol. The molecule has 1 aromatic heterocycles. The molecule has 2 heterocycles. The van der Waals surface area contributed by atoms with Crippen LogP contribution in [0.1, 0.15) is 40.9 Å². The summed E-state index contributed by atoms with van der Waals surface area (Å²) >= 11 is 0. The molecule has 26 heavy (non-hydrogen) atoms. The first kappa shape index (κ1) is 16.8. The van der Waals surface area contributed by atoms with Crippen LogP contribution in [0.4, 0.5) is 0 Å². The predicted octanol–water partition coefficient (Wildman–Crippen LogP) is 4.36. The Morgan fingerprint density at radius 3 is 2.62 bits per heavy atom. The van der Waals surface area contributed by atoms with Gasteiger partial charge in [-0.25, -0.2) is 0 Å². The number of carbonyl (C=O) groups excluding carboxylic acids is 1. The Labute approximate surface area is 154 Å². The molecule has 0 unspecified atom stereocenters. The van der Waals surface area contributed by atoms with Gasteiger partial charge < -0.3 is 4.90 Å². The fourth-order valence-corrected chi connectivity index (χ4v) is 3.83. The minimum atomic E-state index is 0.0550. The Kier molecular flexibility index (Phi) is 4.74. The van der Waals surface area contributed by atoms with Gasteiger partial charge in [0, 0.05) is 18.5 Å². The summed E-state index contributed by atoms with van der Waals surface area (Å²) in [5.41, 5.74) is 4.20. The van der Waals surface area contributed by atoms with Gasteiger partial charge in [0.15, 0.2) is 5.69 Å². The quantitative estimate of drug-likeness (QED) is 0.762. The van der Waals surface area contributed by atoms with Crippen molar-refractivity contribution in [3.05, 3.63) is 65.4 Å². The molecule has 1 fully saturated rings. The van der Waals surface area contributed by atoms with Crippen LogP contribution in [0.25, 0.3) is 10.9 Å². The molecule has 0 bridgehead atoms. The summed E-state index contributed by atoms with van der Waals surface area (Å²) in [4.78, 5) is 14.8. The highest BCUT2D eigenvalue weighted by atomic mass is 16.2. The number of aryl methyl sites for hydroxylation is 2. The molecule has 0 saturated carbocycles. The van der Waals surface area contributed by atoms with Crippen molar-refractivity contribution >= 4 is 16.8 Å². The molecule has 0 radical (unpaired) electrons. The van der Waals surface area contributed by atoms with E-state index in [0.29, 0.717) is 11.6 Å². The zero-order chi connectivity index (χ0) is 17.9. The summed E-state index contributed by atoms with van der Waals surface area (Å²) in [5.74, 6) is 0.760. The number of nitrogens with zero attached hydrogens (tertiary/aromatic N) is 2. The third kappa shape index (κ3) is 3.50. The molecule has 1 amide bonds. The number of H-pyrrole nitrogens is 1. The lowest BCUT2D eigenvalue weighted by atomic mass is 9.90. The Morgan fingerprint density at radius 2 is 1.85 bits per heavy atom. The summed E-state index contributed by atoms with van der Waals surface area (Å²) in [6.45, 7) is 3.79. The number of amides is 1. The lowest BCUT2D eigenvalue weighted by Gasteiger charge is -2.31. The normalized spacial score (nSPS) is 15.5. The molecule has 4 heteroatoms. The number of carbonyl (C=O) groups is 1. The number of piperidine rings is 1. The van der Waals surface area contributed by atoms with Gasteiger partial charge in [-0.1, -0.05) is 48.0 Å². The fraction of sp³-hybridized carbons (Fsp3) is 0.364. The average Bonchev–Trinajstić information content (AvgIpc) is 3.11. The van der Waals surface area contributed by atoms with Crippen LogP contribution in [0.5, 0.6) is 0 Å². The maximum atomic E-state index is 12.8. The van der Waals surface area contributed by atoms with Crippen LogP contribution in [0.3, 0.4) is 0 Å². The number of fused-ring (bicyclic) bond motifs is 1. The highest BCUT2D eigenvalue weighted by Gasteiger charge is 2.26. The van der Waals surface area contributed by atoms with Crippen LogP contribution in [0, 0.1) is 12.8 Å². The number of hydrogen-bond acceptors (Lipinski definition) is 2. The molecule has 0 atom stereocenters. The van der Waals surface area contributed by atoms with Crippen molar-refractivity contribution in [2.45, 2.75) is 32.6 Å². The molecular weight excluding hydrogens is 322 g/mol. The van der Waals surface area contributed by atoms with E-state index >= 15 is 0 Å². The first-order chi connectivity index (χ1) is 12.7. The van der Waals surface area contributed by atoms with Crippen molar-refractivity contribution in [3.63, 3.8) is 0 Å². The molecule has 4 nitrogen and oxygen atoms in total. The van der Waals surface area contributed by atoms with Crippen LogP contribution < -0.4 is 0 Å². The van der Waals surface area contributed by atoms with Crippen LogP contribution in [0.2, 0.25) is 0 Å². The number of hydrogen-bond donors (Lipinski definition) is 1. The van der Waals surface area contributed by atoms with Gasteiger partial charge in [-0.2, -0.15) is 5.10 Å². The van der Waals surface area contributed by atoms with Crippen LogP contribution in [-0.2, 0) is 6.42 Å². The van der Waals surface area contributed by atoms with E-state index < -0.39 is 0 Å². The molecular formula is C22H25N3O. The molecule has 1 aliphatic heterocycles. The fourth-order valence-electron chi connectivity index (χ4n) is 3.83. The summed E-state index contributed by atoms with van der Waals surface area (Å²) in [7, 11) is 0. The van der Waals surface area contributed by atoms with Crippen molar-refractivity contribution in [3.8, 4) is 0 Å². The lowest BCUT2D eigenvalue weighted by molar-refractivity contribution is 0.0683. The van der Waals surface area contributed by atoms with Gasteiger partial charge in [-0.15, -0.1) is 0 Å². The Bertz CT molecular complexity index is 889. The van der Waals surface area contributed by atoms with Crippen molar-refractivity contribution in [2.24, 2.45) is 5.92 Å². The first-order valence-corrected chi connectivity index (χ1v) is 9.48. The van der Waals surface area contributed by atoms with Gasteiger partial charge >= 0.3 is 0 Å². The van der Waals surface area contributed by atoms with E-state index in [9.17, 15) is 4.79 Å². The molecule has 2 aromatic carbocycles. The number of rotatable bonds is 4. The van der Waals surface area contributed by atoms with Crippen molar-refractivity contribution in [2.75, 3.05) is 13.1 Å². The number of benzene rings is 2. The van der Waals surface area contributed by atoms with Crippen LogP contribution in [0.15, 0.2) is 48.5 Å². The summed E-state index contributed by atoms with van der Waals surface area (Å²) in [6, 6.07) is 16.7. The average molecular weight is 347 g/mol. The van der Waals surface area contributed by atoms with E-state index in [2.05, 4.69) is 41.4 Å². The van der Waals surface area contributed by atoms with E-state index in [1.807, 2.05) is 29.2 Å². The smallest absolute Gasteiger partial charge is 0.274 e. The zero-order valence-electron chi connectivity index (χ0n) is 15.2. The minimum Gasteiger partial charge on any atom is -0.337 e. The second kappa shape index (κ2) is 7.32. The third-order valence-electron chi connectivity index (χ3n) is 5.54. The van der Waals surface area contributed by atoms with Crippen molar-refractivity contribution in [1.82, 2.24) is 15.1 Å². The number of aromatic amines is 1. The molecule has 1 saturated heterocycles. The summed E-state index contributed by atoms with van der Waals surface area (Å²) < 4.78 is 0. The van der Waals surface area contributed by atoms with Gasteiger partial charge in [-0.05, 0) is 50.2 Å². The molecule has 134 valence electrons. The maximum Gasteiger partial charge on any atom is 0.274 e. The second-order valence-corrected chi connectivity index (χ2v) is 7.38. The summed E-state index contributed by atoms with van der Waals surface area (Å²) in [5, 5.41) is 8.13.